The van der Waals surface area contributed by atoms with Crippen LogP contribution in [0.1, 0.15) is 35.2 Å². The van der Waals surface area contributed by atoms with Gasteiger partial charge in [0.25, 0.3) is 5.91 Å². The summed E-state index contributed by atoms with van der Waals surface area (Å²) in [7, 11) is 0. The first kappa shape index (κ1) is 9.79. The first-order valence-corrected chi connectivity index (χ1v) is 5.17. The fourth-order valence-corrected chi connectivity index (χ4v) is 1.57. The van der Waals surface area contributed by atoms with Gasteiger partial charge in [0.05, 0.1) is 0 Å². The lowest BCUT2D eigenvalue weighted by Gasteiger charge is -2.26. The Labute approximate surface area is 89.7 Å². The zero-order chi connectivity index (χ0) is 10.7. The molecule has 1 aliphatic carbocycles. The minimum atomic E-state index is -0.0169. The molecule has 1 fully saturated rings. The van der Waals surface area contributed by atoms with E-state index >= 15 is 0 Å². The summed E-state index contributed by atoms with van der Waals surface area (Å²) >= 11 is 0. The van der Waals surface area contributed by atoms with Gasteiger partial charge >= 0.3 is 0 Å². The smallest absolute Gasteiger partial charge is 0.251 e. The van der Waals surface area contributed by atoms with Crippen molar-refractivity contribution in [2.75, 3.05) is 0 Å². The molecule has 1 N–H and O–H groups in total. The number of benzene rings is 1. The minimum Gasteiger partial charge on any atom is -0.349 e. The molecule has 1 saturated carbocycles. The second kappa shape index (κ2) is 4.18. The molecule has 1 aromatic carbocycles. The average Bonchev–Trinajstić information content (AvgIpc) is 2.23. The van der Waals surface area contributed by atoms with Gasteiger partial charge in [-0.25, -0.2) is 0 Å². The van der Waals surface area contributed by atoms with Gasteiger partial charge in [-0.05, 0) is 37.5 Å². The molecule has 76 valence electrons. The number of terminal acetylenes is 1. The predicted octanol–water partition coefficient (Wildman–Crippen LogP) is 1.95. The zero-order valence-electron chi connectivity index (χ0n) is 8.49. The minimum absolute atomic E-state index is 0.0169. The molecule has 15 heavy (non-hydrogen) atoms. The van der Waals surface area contributed by atoms with Crippen molar-refractivity contribution in [3.63, 3.8) is 0 Å². The van der Waals surface area contributed by atoms with Crippen molar-refractivity contribution in [2.45, 2.75) is 25.3 Å². The van der Waals surface area contributed by atoms with Crippen molar-refractivity contribution in [1.29, 1.82) is 0 Å². The summed E-state index contributed by atoms with van der Waals surface area (Å²) in [5.41, 5.74) is 1.40. The number of amides is 1. The molecule has 0 radical (unpaired) electrons. The van der Waals surface area contributed by atoms with Crippen molar-refractivity contribution in [2.24, 2.45) is 0 Å². The van der Waals surface area contributed by atoms with Crippen LogP contribution in [-0.4, -0.2) is 11.9 Å². The molecule has 1 amide bonds. The Bertz CT molecular complexity index is 413. The fraction of sp³-hybridized carbons (Fsp3) is 0.308. The number of nitrogens with one attached hydrogen (secondary N) is 1. The third kappa shape index (κ3) is 2.19. The van der Waals surface area contributed by atoms with Crippen LogP contribution in [0.5, 0.6) is 0 Å². The molecule has 0 aromatic heterocycles. The quantitative estimate of drug-likeness (QED) is 0.725. The van der Waals surface area contributed by atoms with E-state index in [1.807, 2.05) is 12.1 Å². The van der Waals surface area contributed by atoms with Gasteiger partial charge in [0.2, 0.25) is 0 Å². The fourth-order valence-electron chi connectivity index (χ4n) is 1.57. The molecule has 0 atom stereocenters. The molecule has 1 aliphatic rings. The standard InChI is InChI=1S/C13H13NO/c1-2-10-5-3-6-11(9-10)13(15)14-12-7-4-8-12/h1,3,5-6,9,12H,4,7-8H2,(H,14,15). The van der Waals surface area contributed by atoms with Crippen LogP contribution in [0.3, 0.4) is 0 Å². The average molecular weight is 199 g/mol. The first-order valence-electron chi connectivity index (χ1n) is 5.17. The van der Waals surface area contributed by atoms with Crippen LogP contribution in [0.2, 0.25) is 0 Å². The molecule has 2 heteroatoms. The van der Waals surface area contributed by atoms with Crippen molar-refractivity contribution in [1.82, 2.24) is 5.32 Å². The highest BCUT2D eigenvalue weighted by atomic mass is 16.1. The van der Waals surface area contributed by atoms with E-state index in [0.29, 0.717) is 11.6 Å². The molecule has 0 aliphatic heterocycles. The normalized spacial score (nSPS) is 15.1. The maximum Gasteiger partial charge on any atom is 0.251 e. The predicted molar refractivity (Wildman–Crippen MR) is 59.5 cm³/mol. The van der Waals surface area contributed by atoms with Gasteiger partial charge in [0, 0.05) is 17.2 Å². The van der Waals surface area contributed by atoms with E-state index in [1.54, 1.807) is 12.1 Å². The molecular formula is C13H13NO. The maximum atomic E-state index is 11.7. The molecule has 0 saturated heterocycles. The summed E-state index contributed by atoms with van der Waals surface area (Å²) in [6.45, 7) is 0. The lowest BCUT2D eigenvalue weighted by Crippen LogP contribution is -2.39. The molecule has 0 unspecified atom stereocenters. The van der Waals surface area contributed by atoms with Gasteiger partial charge in [0.15, 0.2) is 0 Å². The van der Waals surface area contributed by atoms with Crippen LogP contribution in [0.4, 0.5) is 0 Å². The monoisotopic (exact) mass is 199 g/mol. The molecule has 0 spiro atoms. The second-order valence-corrected chi connectivity index (χ2v) is 3.83. The summed E-state index contributed by atoms with van der Waals surface area (Å²) in [6.07, 6.45) is 8.69. The molecule has 2 rings (SSSR count). The Morgan fingerprint density at radius 1 is 1.47 bits per heavy atom. The molecule has 2 nitrogen and oxygen atoms in total. The van der Waals surface area contributed by atoms with Crippen LogP contribution in [0, 0.1) is 12.3 Å². The van der Waals surface area contributed by atoms with Gasteiger partial charge in [0.1, 0.15) is 0 Å². The highest BCUT2D eigenvalue weighted by Gasteiger charge is 2.19. The van der Waals surface area contributed by atoms with Crippen molar-refractivity contribution >= 4 is 5.91 Å². The van der Waals surface area contributed by atoms with Crippen molar-refractivity contribution < 1.29 is 4.79 Å². The van der Waals surface area contributed by atoms with Gasteiger partial charge in [-0.3, -0.25) is 4.79 Å². The third-order valence-corrected chi connectivity index (χ3v) is 2.73. The van der Waals surface area contributed by atoms with Gasteiger partial charge in [-0.2, -0.15) is 0 Å². The van der Waals surface area contributed by atoms with Gasteiger partial charge in [-0.15, -0.1) is 6.42 Å². The van der Waals surface area contributed by atoms with E-state index in [0.717, 1.165) is 18.4 Å². The molecule has 0 heterocycles. The largest absolute Gasteiger partial charge is 0.349 e. The van der Waals surface area contributed by atoms with E-state index < -0.39 is 0 Å². The SMILES string of the molecule is C#Cc1cccc(C(=O)NC2CCC2)c1. The molecule has 1 aromatic rings. The van der Waals surface area contributed by atoms with E-state index in [9.17, 15) is 4.79 Å². The highest BCUT2D eigenvalue weighted by molar-refractivity contribution is 5.94. The van der Waals surface area contributed by atoms with Crippen LogP contribution in [-0.2, 0) is 0 Å². The Kier molecular flexibility index (Phi) is 2.73. The number of rotatable bonds is 2. The lowest BCUT2D eigenvalue weighted by molar-refractivity contribution is 0.0917. The maximum absolute atomic E-state index is 11.7. The van der Waals surface area contributed by atoms with Crippen LogP contribution < -0.4 is 5.32 Å². The molecule has 0 bridgehead atoms. The Balaban J connectivity index is 2.07. The lowest BCUT2D eigenvalue weighted by atomic mass is 9.93. The third-order valence-electron chi connectivity index (χ3n) is 2.73. The number of carbonyl (C=O) groups excluding carboxylic acids is 1. The zero-order valence-corrected chi connectivity index (χ0v) is 8.49. The summed E-state index contributed by atoms with van der Waals surface area (Å²) in [5.74, 6) is 2.51. The van der Waals surface area contributed by atoms with Crippen LogP contribution >= 0.6 is 0 Å². The number of carbonyl (C=O) groups is 1. The summed E-state index contributed by atoms with van der Waals surface area (Å²) in [4.78, 5) is 11.7. The van der Waals surface area contributed by atoms with Gasteiger partial charge < -0.3 is 5.32 Å². The topological polar surface area (TPSA) is 29.1 Å². The Hall–Kier alpha value is -1.75. The summed E-state index contributed by atoms with van der Waals surface area (Å²) < 4.78 is 0. The van der Waals surface area contributed by atoms with Crippen molar-refractivity contribution in [3.05, 3.63) is 35.4 Å². The number of hydrogen-bond acceptors (Lipinski definition) is 1. The Morgan fingerprint density at radius 2 is 2.27 bits per heavy atom. The van der Waals surface area contributed by atoms with Crippen LogP contribution in [0.15, 0.2) is 24.3 Å². The van der Waals surface area contributed by atoms with Crippen molar-refractivity contribution in [3.8, 4) is 12.3 Å². The summed E-state index contributed by atoms with van der Waals surface area (Å²) in [6, 6.07) is 7.53. The van der Waals surface area contributed by atoms with E-state index in [1.165, 1.54) is 6.42 Å². The first-order chi connectivity index (χ1) is 7.29. The van der Waals surface area contributed by atoms with E-state index in [-0.39, 0.29) is 5.91 Å². The van der Waals surface area contributed by atoms with E-state index in [2.05, 4.69) is 11.2 Å². The van der Waals surface area contributed by atoms with Crippen LogP contribution in [0.25, 0.3) is 0 Å². The highest BCUT2D eigenvalue weighted by Crippen LogP contribution is 2.18. The second-order valence-electron chi connectivity index (χ2n) is 3.83. The van der Waals surface area contributed by atoms with Gasteiger partial charge in [-0.1, -0.05) is 12.0 Å². The Morgan fingerprint density at radius 3 is 2.87 bits per heavy atom. The number of hydrogen-bond donors (Lipinski definition) is 1. The summed E-state index contributed by atoms with van der Waals surface area (Å²) in [5, 5.41) is 2.98. The molecular weight excluding hydrogens is 186 g/mol. The van der Waals surface area contributed by atoms with E-state index in [4.69, 9.17) is 6.42 Å².